The lowest BCUT2D eigenvalue weighted by Gasteiger charge is -2.15. The van der Waals surface area contributed by atoms with Crippen molar-refractivity contribution in [2.75, 3.05) is 13.7 Å². The Labute approximate surface area is 113 Å². The van der Waals surface area contributed by atoms with Crippen LogP contribution in [-0.2, 0) is 0 Å². The predicted molar refractivity (Wildman–Crippen MR) is 75.2 cm³/mol. The summed E-state index contributed by atoms with van der Waals surface area (Å²) in [7, 11) is 1.91. The lowest BCUT2D eigenvalue weighted by Crippen LogP contribution is -2.20. The van der Waals surface area contributed by atoms with Crippen LogP contribution in [0.3, 0.4) is 0 Å². The smallest absolute Gasteiger partial charge is 0.149 e. The molecule has 1 aromatic heterocycles. The van der Waals surface area contributed by atoms with Crippen LogP contribution in [0.4, 0.5) is 0 Å². The molecule has 2 rings (SSSR count). The van der Waals surface area contributed by atoms with E-state index in [2.05, 4.69) is 22.2 Å². The van der Waals surface area contributed by atoms with Crippen LogP contribution >= 0.6 is 0 Å². The molecule has 0 amide bonds. The fraction of sp³-hybridized carbons (Fsp3) is 0.333. The van der Waals surface area contributed by atoms with Crippen molar-refractivity contribution in [3.63, 3.8) is 0 Å². The number of nitrogens with one attached hydrogen (secondary N) is 1. The van der Waals surface area contributed by atoms with E-state index in [1.54, 1.807) is 12.4 Å². The van der Waals surface area contributed by atoms with Gasteiger partial charge >= 0.3 is 0 Å². The van der Waals surface area contributed by atoms with E-state index in [0.717, 1.165) is 30.2 Å². The van der Waals surface area contributed by atoms with Crippen LogP contribution in [0.1, 0.15) is 30.8 Å². The number of benzene rings is 1. The van der Waals surface area contributed by atoms with E-state index in [0.29, 0.717) is 0 Å². The molecule has 1 atom stereocenters. The molecule has 4 nitrogen and oxygen atoms in total. The Morgan fingerprint density at radius 2 is 1.84 bits per heavy atom. The third kappa shape index (κ3) is 3.51. The third-order valence-corrected chi connectivity index (χ3v) is 2.82. The van der Waals surface area contributed by atoms with E-state index in [1.807, 2.05) is 37.4 Å². The Morgan fingerprint density at radius 1 is 1.16 bits per heavy atom. The molecule has 19 heavy (non-hydrogen) atoms. The van der Waals surface area contributed by atoms with Crippen LogP contribution in [0.15, 0.2) is 42.7 Å². The summed E-state index contributed by atoms with van der Waals surface area (Å²) in [5.41, 5.74) is 1.12. The highest BCUT2D eigenvalue weighted by molar-refractivity contribution is 5.31. The maximum absolute atomic E-state index is 5.58. The van der Waals surface area contributed by atoms with Crippen LogP contribution in [0.2, 0.25) is 0 Å². The van der Waals surface area contributed by atoms with Crippen LogP contribution in [0, 0.1) is 0 Å². The summed E-state index contributed by atoms with van der Waals surface area (Å²) < 4.78 is 5.58. The first-order valence-corrected chi connectivity index (χ1v) is 6.52. The first-order valence-electron chi connectivity index (χ1n) is 6.52. The van der Waals surface area contributed by atoms with Crippen molar-refractivity contribution in [2.24, 2.45) is 0 Å². The minimum atomic E-state index is 0.00132. The molecule has 2 aromatic rings. The minimum absolute atomic E-state index is 0.00132. The number of hydrogen-bond acceptors (Lipinski definition) is 4. The molecule has 1 unspecified atom stereocenters. The van der Waals surface area contributed by atoms with Gasteiger partial charge in [0.05, 0.1) is 12.6 Å². The third-order valence-electron chi connectivity index (χ3n) is 2.82. The summed E-state index contributed by atoms with van der Waals surface area (Å²) in [6.45, 7) is 2.84. The van der Waals surface area contributed by atoms with E-state index in [9.17, 15) is 0 Å². The van der Waals surface area contributed by atoms with E-state index in [1.165, 1.54) is 0 Å². The van der Waals surface area contributed by atoms with Gasteiger partial charge in [-0.3, -0.25) is 0 Å². The second-order valence-corrected chi connectivity index (χ2v) is 4.25. The quantitative estimate of drug-likeness (QED) is 0.864. The highest BCUT2D eigenvalue weighted by Crippen LogP contribution is 2.21. The zero-order valence-corrected chi connectivity index (χ0v) is 11.3. The van der Waals surface area contributed by atoms with Gasteiger partial charge in [-0.05, 0) is 37.2 Å². The highest BCUT2D eigenvalue weighted by Gasteiger charge is 2.14. The zero-order chi connectivity index (χ0) is 13.5. The molecule has 0 radical (unpaired) electrons. The topological polar surface area (TPSA) is 47.0 Å². The van der Waals surface area contributed by atoms with Crippen LogP contribution in [0.5, 0.6) is 5.75 Å². The SMILES string of the molecule is CCCOc1ccc(C(NC)c2ncccn2)cc1. The van der Waals surface area contributed by atoms with E-state index < -0.39 is 0 Å². The number of nitrogens with zero attached hydrogens (tertiary/aromatic N) is 2. The number of aromatic nitrogens is 2. The molecule has 0 aliphatic heterocycles. The molecule has 1 heterocycles. The first kappa shape index (κ1) is 13.5. The molecule has 0 bridgehead atoms. The maximum atomic E-state index is 5.58. The molecule has 1 N–H and O–H groups in total. The van der Waals surface area contributed by atoms with E-state index >= 15 is 0 Å². The summed E-state index contributed by atoms with van der Waals surface area (Å²) in [6.07, 6.45) is 4.52. The van der Waals surface area contributed by atoms with Crippen LogP contribution < -0.4 is 10.1 Å². The van der Waals surface area contributed by atoms with Gasteiger partial charge in [-0.2, -0.15) is 0 Å². The predicted octanol–water partition coefficient (Wildman–Crippen LogP) is 2.57. The molecule has 0 aliphatic rings. The second-order valence-electron chi connectivity index (χ2n) is 4.25. The number of hydrogen-bond donors (Lipinski definition) is 1. The second kappa shape index (κ2) is 6.85. The molecular weight excluding hydrogens is 238 g/mol. The van der Waals surface area contributed by atoms with Gasteiger partial charge < -0.3 is 10.1 Å². The van der Waals surface area contributed by atoms with Gasteiger partial charge in [0.2, 0.25) is 0 Å². The lowest BCUT2D eigenvalue weighted by atomic mass is 10.1. The summed E-state index contributed by atoms with van der Waals surface area (Å²) in [6, 6.07) is 9.88. The zero-order valence-electron chi connectivity index (χ0n) is 11.3. The summed E-state index contributed by atoms with van der Waals surface area (Å²) in [4.78, 5) is 8.59. The first-order chi connectivity index (χ1) is 9.35. The molecular formula is C15H19N3O. The van der Waals surface area contributed by atoms with Crippen molar-refractivity contribution in [3.8, 4) is 5.75 Å². The van der Waals surface area contributed by atoms with E-state index in [4.69, 9.17) is 4.74 Å². The lowest BCUT2D eigenvalue weighted by molar-refractivity contribution is 0.317. The minimum Gasteiger partial charge on any atom is -0.494 e. The summed E-state index contributed by atoms with van der Waals surface area (Å²) in [5.74, 6) is 1.67. The molecule has 0 saturated heterocycles. The van der Waals surface area contributed by atoms with Gasteiger partial charge in [0, 0.05) is 12.4 Å². The summed E-state index contributed by atoms with van der Waals surface area (Å²) >= 11 is 0. The normalized spacial score (nSPS) is 12.1. The van der Waals surface area contributed by atoms with Crippen molar-refractivity contribution >= 4 is 0 Å². The number of ether oxygens (including phenoxy) is 1. The van der Waals surface area contributed by atoms with Gasteiger partial charge in [0.1, 0.15) is 11.6 Å². The van der Waals surface area contributed by atoms with Gasteiger partial charge in [-0.1, -0.05) is 19.1 Å². The average Bonchev–Trinajstić information content (AvgIpc) is 2.48. The molecule has 0 saturated carbocycles. The van der Waals surface area contributed by atoms with Gasteiger partial charge in [-0.15, -0.1) is 0 Å². The van der Waals surface area contributed by atoms with Gasteiger partial charge in [-0.25, -0.2) is 9.97 Å². The number of rotatable bonds is 6. The fourth-order valence-corrected chi connectivity index (χ4v) is 1.88. The van der Waals surface area contributed by atoms with Gasteiger partial charge in [0.15, 0.2) is 0 Å². The van der Waals surface area contributed by atoms with Crippen LogP contribution in [-0.4, -0.2) is 23.6 Å². The Hall–Kier alpha value is -1.94. The fourth-order valence-electron chi connectivity index (χ4n) is 1.88. The highest BCUT2D eigenvalue weighted by atomic mass is 16.5. The van der Waals surface area contributed by atoms with Crippen molar-refractivity contribution in [3.05, 3.63) is 54.1 Å². The van der Waals surface area contributed by atoms with Gasteiger partial charge in [0.25, 0.3) is 0 Å². The van der Waals surface area contributed by atoms with Crippen molar-refractivity contribution in [1.82, 2.24) is 15.3 Å². The Balaban J connectivity index is 2.15. The maximum Gasteiger partial charge on any atom is 0.149 e. The summed E-state index contributed by atoms with van der Waals surface area (Å²) in [5, 5.41) is 3.23. The molecule has 100 valence electrons. The molecule has 0 fully saturated rings. The average molecular weight is 257 g/mol. The van der Waals surface area contributed by atoms with Crippen molar-refractivity contribution < 1.29 is 4.74 Å². The Bertz CT molecular complexity index is 485. The molecule has 0 aliphatic carbocycles. The van der Waals surface area contributed by atoms with Crippen molar-refractivity contribution in [1.29, 1.82) is 0 Å². The monoisotopic (exact) mass is 257 g/mol. The Morgan fingerprint density at radius 3 is 2.42 bits per heavy atom. The van der Waals surface area contributed by atoms with Crippen molar-refractivity contribution in [2.45, 2.75) is 19.4 Å². The molecule has 0 spiro atoms. The van der Waals surface area contributed by atoms with E-state index in [-0.39, 0.29) is 6.04 Å². The molecule has 1 aromatic carbocycles. The van der Waals surface area contributed by atoms with Crippen LogP contribution in [0.25, 0.3) is 0 Å². The standard InChI is InChI=1S/C15H19N3O/c1-3-11-19-13-7-5-12(6-8-13)14(16-2)15-17-9-4-10-18-15/h4-10,14,16H,3,11H2,1-2H3. The largest absolute Gasteiger partial charge is 0.494 e. The Kier molecular flexibility index (Phi) is 4.86. The molecule has 4 heteroatoms.